The van der Waals surface area contributed by atoms with E-state index in [9.17, 15) is 12.8 Å². The van der Waals surface area contributed by atoms with Crippen molar-refractivity contribution in [1.29, 1.82) is 0 Å². The maximum atomic E-state index is 13.2. The van der Waals surface area contributed by atoms with Gasteiger partial charge in [0.15, 0.2) is 0 Å². The van der Waals surface area contributed by atoms with Crippen LogP contribution in [-0.2, 0) is 10.2 Å². The summed E-state index contributed by atoms with van der Waals surface area (Å²) in [6, 6.07) is 4.40. The Morgan fingerprint density at radius 3 is 2.62 bits per heavy atom. The smallest absolute Gasteiger partial charge is 0.301 e. The maximum absolute atomic E-state index is 13.2. The zero-order valence-electron chi connectivity index (χ0n) is 13.0. The summed E-state index contributed by atoms with van der Waals surface area (Å²) in [5.74, 6) is -0.470. The van der Waals surface area contributed by atoms with Gasteiger partial charge in [-0.1, -0.05) is 19.9 Å². The minimum absolute atomic E-state index is 0.266. The number of nitrogens with one attached hydrogen (secondary N) is 2. The van der Waals surface area contributed by atoms with Crippen molar-refractivity contribution >= 4 is 15.9 Å². The monoisotopic (exact) mass is 317 g/mol. The zero-order chi connectivity index (χ0) is 16.0. The molecule has 7 heteroatoms. The van der Waals surface area contributed by atoms with Crippen LogP contribution in [0.25, 0.3) is 0 Å². The van der Waals surface area contributed by atoms with Gasteiger partial charge in [0.05, 0.1) is 5.69 Å². The lowest BCUT2D eigenvalue weighted by Gasteiger charge is -2.19. The summed E-state index contributed by atoms with van der Waals surface area (Å²) in [5.41, 5.74) is 0.942. The molecule has 0 aliphatic heterocycles. The first-order valence-corrected chi connectivity index (χ1v) is 8.40. The Morgan fingerprint density at radius 1 is 1.33 bits per heavy atom. The molecule has 2 N–H and O–H groups in total. The molecule has 0 bridgehead atoms. The summed E-state index contributed by atoms with van der Waals surface area (Å²) < 4.78 is 41.2. The third kappa shape index (κ3) is 5.99. The summed E-state index contributed by atoms with van der Waals surface area (Å²) in [5, 5.41) is 3.23. The topological polar surface area (TPSA) is 61.4 Å². The summed E-state index contributed by atoms with van der Waals surface area (Å²) in [6.07, 6.45) is 0.706. The van der Waals surface area contributed by atoms with Crippen LogP contribution in [0.5, 0.6) is 0 Å². The van der Waals surface area contributed by atoms with E-state index >= 15 is 0 Å². The van der Waals surface area contributed by atoms with Gasteiger partial charge in [0, 0.05) is 19.6 Å². The minimum atomic E-state index is -3.66. The molecule has 0 spiro atoms. The highest BCUT2D eigenvalue weighted by atomic mass is 32.2. The van der Waals surface area contributed by atoms with E-state index in [1.165, 1.54) is 23.5 Å². The van der Waals surface area contributed by atoms with Crippen molar-refractivity contribution < 1.29 is 12.8 Å². The molecule has 5 nitrogen and oxygen atoms in total. The normalized spacial score (nSPS) is 12.1. The molecular formula is C14H24FN3O2S. The van der Waals surface area contributed by atoms with Gasteiger partial charge in [-0.2, -0.15) is 12.7 Å². The van der Waals surface area contributed by atoms with Gasteiger partial charge < -0.3 is 5.32 Å². The molecule has 120 valence electrons. The highest BCUT2D eigenvalue weighted by Gasteiger charge is 2.18. The third-order valence-corrected chi connectivity index (χ3v) is 4.53. The Kier molecular flexibility index (Phi) is 6.57. The molecule has 0 radical (unpaired) electrons. The van der Waals surface area contributed by atoms with Crippen LogP contribution in [0.3, 0.4) is 0 Å². The van der Waals surface area contributed by atoms with Crippen LogP contribution < -0.4 is 10.0 Å². The first kappa shape index (κ1) is 17.9. The first-order chi connectivity index (χ1) is 9.72. The minimum Gasteiger partial charge on any atom is -0.314 e. The van der Waals surface area contributed by atoms with Gasteiger partial charge in [0.2, 0.25) is 0 Å². The maximum Gasteiger partial charge on any atom is 0.301 e. The summed E-state index contributed by atoms with van der Waals surface area (Å²) >= 11 is 0. The fourth-order valence-electron chi connectivity index (χ4n) is 1.73. The average Bonchev–Trinajstić information content (AvgIpc) is 2.38. The van der Waals surface area contributed by atoms with E-state index < -0.39 is 16.0 Å². The summed E-state index contributed by atoms with van der Waals surface area (Å²) in [6.45, 7) is 6.94. The SMILES string of the molecule is Cc1ccc(F)cc1NS(=O)(=O)N(C)CCCNC(C)C. The molecule has 0 heterocycles. The van der Waals surface area contributed by atoms with E-state index in [2.05, 4.69) is 10.0 Å². The number of hydrogen-bond donors (Lipinski definition) is 2. The van der Waals surface area contributed by atoms with E-state index in [-0.39, 0.29) is 5.69 Å². The van der Waals surface area contributed by atoms with E-state index in [4.69, 9.17) is 0 Å². The molecule has 0 saturated carbocycles. The van der Waals surface area contributed by atoms with Crippen molar-refractivity contribution in [1.82, 2.24) is 9.62 Å². The predicted octanol–water partition coefficient (Wildman–Crippen LogP) is 2.11. The number of halogens is 1. The van der Waals surface area contributed by atoms with Crippen molar-refractivity contribution in [3.63, 3.8) is 0 Å². The highest BCUT2D eigenvalue weighted by Crippen LogP contribution is 2.18. The van der Waals surface area contributed by atoms with Gasteiger partial charge >= 0.3 is 10.2 Å². The molecule has 0 aromatic heterocycles. The van der Waals surface area contributed by atoms with Crippen molar-refractivity contribution in [2.75, 3.05) is 24.9 Å². The van der Waals surface area contributed by atoms with Gasteiger partial charge in [-0.15, -0.1) is 0 Å². The van der Waals surface area contributed by atoms with E-state index in [1.807, 2.05) is 13.8 Å². The van der Waals surface area contributed by atoms with E-state index in [0.29, 0.717) is 24.6 Å². The number of rotatable bonds is 8. The average molecular weight is 317 g/mol. The number of anilines is 1. The predicted molar refractivity (Wildman–Crippen MR) is 84.1 cm³/mol. The van der Waals surface area contributed by atoms with Crippen molar-refractivity contribution in [3.05, 3.63) is 29.6 Å². The lowest BCUT2D eigenvalue weighted by Crippen LogP contribution is -2.35. The molecule has 0 amide bonds. The molecule has 0 aliphatic rings. The summed E-state index contributed by atoms with van der Waals surface area (Å²) in [4.78, 5) is 0. The van der Waals surface area contributed by atoms with Crippen molar-refractivity contribution in [2.24, 2.45) is 0 Å². The van der Waals surface area contributed by atoms with Crippen LogP contribution in [0.2, 0.25) is 0 Å². The number of nitrogens with zero attached hydrogens (tertiary/aromatic N) is 1. The Bertz CT molecular complexity index is 561. The van der Waals surface area contributed by atoms with Gasteiger partial charge in [0.1, 0.15) is 5.82 Å². The zero-order valence-corrected chi connectivity index (χ0v) is 13.8. The highest BCUT2D eigenvalue weighted by molar-refractivity contribution is 7.90. The molecule has 1 aromatic rings. The van der Waals surface area contributed by atoms with Gasteiger partial charge in [-0.05, 0) is 37.6 Å². The number of benzene rings is 1. The van der Waals surface area contributed by atoms with Crippen LogP contribution in [0.1, 0.15) is 25.8 Å². The Hall–Kier alpha value is -1.18. The molecule has 0 aliphatic carbocycles. The second kappa shape index (κ2) is 7.72. The lowest BCUT2D eigenvalue weighted by atomic mass is 10.2. The van der Waals surface area contributed by atoms with Crippen molar-refractivity contribution in [2.45, 2.75) is 33.2 Å². The van der Waals surface area contributed by atoms with Crippen LogP contribution in [0.4, 0.5) is 10.1 Å². The van der Waals surface area contributed by atoms with E-state index in [0.717, 1.165) is 6.54 Å². The fourth-order valence-corrected chi connectivity index (χ4v) is 2.76. The number of hydrogen-bond acceptors (Lipinski definition) is 3. The molecule has 1 aromatic carbocycles. The quantitative estimate of drug-likeness (QED) is 0.722. The molecular weight excluding hydrogens is 293 g/mol. The largest absolute Gasteiger partial charge is 0.314 e. The second-order valence-corrected chi connectivity index (χ2v) is 7.13. The molecule has 0 atom stereocenters. The Balaban J connectivity index is 2.61. The van der Waals surface area contributed by atoms with Crippen LogP contribution in [-0.4, -0.2) is 38.9 Å². The standard InChI is InChI=1S/C14H24FN3O2S/c1-11(2)16-8-5-9-18(4)21(19,20)17-14-10-13(15)7-6-12(14)3/h6-7,10-11,16-17H,5,8-9H2,1-4H3. The first-order valence-electron chi connectivity index (χ1n) is 6.96. The van der Waals surface area contributed by atoms with Crippen LogP contribution in [0, 0.1) is 12.7 Å². The second-order valence-electron chi connectivity index (χ2n) is 5.35. The van der Waals surface area contributed by atoms with Crippen LogP contribution >= 0.6 is 0 Å². The molecule has 0 fully saturated rings. The van der Waals surface area contributed by atoms with Gasteiger partial charge in [-0.25, -0.2) is 4.39 Å². The fraction of sp³-hybridized carbons (Fsp3) is 0.571. The molecule has 21 heavy (non-hydrogen) atoms. The molecule has 1 rings (SSSR count). The lowest BCUT2D eigenvalue weighted by molar-refractivity contribution is 0.451. The Labute approximate surface area is 126 Å². The van der Waals surface area contributed by atoms with Gasteiger partial charge in [-0.3, -0.25) is 4.72 Å². The molecule has 0 unspecified atom stereocenters. The van der Waals surface area contributed by atoms with E-state index in [1.54, 1.807) is 13.0 Å². The van der Waals surface area contributed by atoms with Crippen LogP contribution in [0.15, 0.2) is 18.2 Å². The summed E-state index contributed by atoms with van der Waals surface area (Å²) in [7, 11) is -2.16. The number of aryl methyl sites for hydroxylation is 1. The molecule has 0 saturated heterocycles. The van der Waals surface area contributed by atoms with Crippen molar-refractivity contribution in [3.8, 4) is 0 Å². The third-order valence-electron chi connectivity index (χ3n) is 3.05. The Morgan fingerprint density at radius 2 is 2.00 bits per heavy atom. The van der Waals surface area contributed by atoms with Gasteiger partial charge in [0.25, 0.3) is 0 Å².